The Balaban J connectivity index is 1.85. The van der Waals surface area contributed by atoms with E-state index in [2.05, 4.69) is 10.3 Å². The molecule has 0 saturated carbocycles. The van der Waals surface area contributed by atoms with E-state index in [0.29, 0.717) is 39.4 Å². The number of halogens is 1. The summed E-state index contributed by atoms with van der Waals surface area (Å²) >= 11 is 6.16. The molecule has 0 bridgehead atoms. The Morgan fingerprint density at radius 3 is 2.85 bits per heavy atom. The van der Waals surface area contributed by atoms with Gasteiger partial charge in [0.1, 0.15) is 11.3 Å². The first-order valence-corrected chi connectivity index (χ1v) is 8.34. The van der Waals surface area contributed by atoms with Crippen molar-refractivity contribution in [2.45, 2.75) is 19.9 Å². The highest BCUT2D eigenvalue weighted by molar-refractivity contribution is 6.32. The van der Waals surface area contributed by atoms with Crippen LogP contribution in [0.25, 0.3) is 11.0 Å². The summed E-state index contributed by atoms with van der Waals surface area (Å²) in [7, 11) is 1.48. The summed E-state index contributed by atoms with van der Waals surface area (Å²) in [6.45, 7) is 2.06. The first-order chi connectivity index (χ1) is 12.5. The lowest BCUT2D eigenvalue weighted by atomic mass is 10.0. The molecule has 1 N–H and O–H groups in total. The highest BCUT2D eigenvalue weighted by Gasteiger charge is 2.16. The Labute approximate surface area is 154 Å². The molecule has 0 saturated heterocycles. The van der Waals surface area contributed by atoms with E-state index in [1.807, 2.05) is 12.1 Å². The molecule has 2 heterocycles. The molecule has 1 amide bonds. The third-order valence-corrected chi connectivity index (χ3v) is 4.39. The lowest BCUT2D eigenvalue weighted by Crippen LogP contribution is -2.27. The molecule has 0 aliphatic rings. The molecule has 3 rings (SSSR count). The second-order valence-electron chi connectivity index (χ2n) is 5.75. The van der Waals surface area contributed by atoms with Gasteiger partial charge >= 0.3 is 5.63 Å². The van der Waals surface area contributed by atoms with Gasteiger partial charge in [0.25, 0.3) is 0 Å². The van der Waals surface area contributed by atoms with Gasteiger partial charge in [-0.3, -0.25) is 9.78 Å². The van der Waals surface area contributed by atoms with Crippen LogP contribution in [-0.4, -0.2) is 18.0 Å². The highest BCUT2D eigenvalue weighted by Crippen LogP contribution is 2.31. The minimum absolute atomic E-state index is 0.0827. The normalized spacial score (nSPS) is 10.7. The van der Waals surface area contributed by atoms with Crippen LogP contribution in [0.15, 0.2) is 45.7 Å². The third-order valence-electron chi connectivity index (χ3n) is 4.09. The van der Waals surface area contributed by atoms with Crippen molar-refractivity contribution in [3.8, 4) is 5.75 Å². The van der Waals surface area contributed by atoms with Gasteiger partial charge in [-0.2, -0.15) is 0 Å². The zero-order valence-electron chi connectivity index (χ0n) is 14.3. The number of hydrogen-bond acceptors (Lipinski definition) is 5. The number of ether oxygens (including phenoxy) is 1. The largest absolute Gasteiger partial charge is 0.495 e. The van der Waals surface area contributed by atoms with E-state index in [1.54, 1.807) is 31.3 Å². The number of pyridine rings is 1. The van der Waals surface area contributed by atoms with Gasteiger partial charge in [0, 0.05) is 17.6 Å². The van der Waals surface area contributed by atoms with Gasteiger partial charge in [-0.1, -0.05) is 17.7 Å². The molecule has 0 radical (unpaired) electrons. The van der Waals surface area contributed by atoms with Crippen molar-refractivity contribution < 1.29 is 13.9 Å². The van der Waals surface area contributed by atoms with Crippen LogP contribution in [0.1, 0.15) is 16.8 Å². The van der Waals surface area contributed by atoms with Crippen LogP contribution in [0.2, 0.25) is 5.02 Å². The average Bonchev–Trinajstić information content (AvgIpc) is 2.64. The Morgan fingerprint density at radius 1 is 1.35 bits per heavy atom. The van der Waals surface area contributed by atoms with Crippen molar-refractivity contribution in [1.82, 2.24) is 10.3 Å². The predicted octanol–water partition coefficient (Wildman–Crippen LogP) is 3.02. The number of methoxy groups -OCH3 is 1. The number of carbonyl (C=O) groups excluding carboxylic acids is 1. The van der Waals surface area contributed by atoms with E-state index in [9.17, 15) is 9.59 Å². The van der Waals surface area contributed by atoms with E-state index in [0.717, 1.165) is 5.69 Å². The standard InChI is InChI=1S/C19H17ClN2O4/c1-11-13-7-15(20)17(25-2)9-16(13)26-19(24)14(11)8-18(23)22-10-12-5-3-4-6-21-12/h3-7,9H,8,10H2,1-2H3,(H,22,23). The van der Waals surface area contributed by atoms with Crippen LogP contribution in [0.4, 0.5) is 0 Å². The van der Waals surface area contributed by atoms with E-state index >= 15 is 0 Å². The molecule has 0 aliphatic heterocycles. The molecule has 1 aromatic carbocycles. The molecule has 0 spiro atoms. The van der Waals surface area contributed by atoms with Gasteiger partial charge < -0.3 is 14.5 Å². The molecular weight excluding hydrogens is 356 g/mol. The lowest BCUT2D eigenvalue weighted by Gasteiger charge is -2.10. The van der Waals surface area contributed by atoms with Crippen LogP contribution in [-0.2, 0) is 17.8 Å². The average molecular weight is 373 g/mol. The molecule has 0 atom stereocenters. The fourth-order valence-corrected chi connectivity index (χ4v) is 2.91. The monoisotopic (exact) mass is 372 g/mol. The number of aryl methyl sites for hydroxylation is 1. The number of nitrogens with one attached hydrogen (secondary N) is 1. The zero-order chi connectivity index (χ0) is 18.7. The second-order valence-corrected chi connectivity index (χ2v) is 6.16. The summed E-state index contributed by atoms with van der Waals surface area (Å²) in [5.41, 5.74) is 1.52. The van der Waals surface area contributed by atoms with Crippen molar-refractivity contribution >= 4 is 28.5 Å². The lowest BCUT2D eigenvalue weighted by molar-refractivity contribution is -0.120. The summed E-state index contributed by atoms with van der Waals surface area (Å²) in [4.78, 5) is 28.7. The Hall–Kier alpha value is -2.86. The number of fused-ring (bicyclic) bond motifs is 1. The fourth-order valence-electron chi connectivity index (χ4n) is 2.67. The number of hydrogen-bond donors (Lipinski definition) is 1. The molecule has 6 nitrogen and oxygen atoms in total. The van der Waals surface area contributed by atoms with Gasteiger partial charge in [-0.05, 0) is 30.7 Å². The Bertz CT molecular complexity index is 1020. The van der Waals surface area contributed by atoms with Crippen molar-refractivity contribution in [3.63, 3.8) is 0 Å². The Kier molecular flexibility index (Phi) is 5.23. The topological polar surface area (TPSA) is 81.4 Å². The van der Waals surface area contributed by atoms with Crippen LogP contribution in [0, 0.1) is 6.92 Å². The van der Waals surface area contributed by atoms with Gasteiger partial charge in [-0.25, -0.2) is 4.79 Å². The molecule has 0 unspecified atom stereocenters. The van der Waals surface area contributed by atoms with E-state index < -0.39 is 5.63 Å². The van der Waals surface area contributed by atoms with Crippen molar-refractivity contribution in [1.29, 1.82) is 0 Å². The summed E-state index contributed by atoms with van der Waals surface area (Å²) in [6, 6.07) is 8.69. The van der Waals surface area contributed by atoms with Crippen LogP contribution in [0.5, 0.6) is 5.75 Å². The number of benzene rings is 1. The number of rotatable bonds is 5. The Morgan fingerprint density at radius 2 is 2.15 bits per heavy atom. The first kappa shape index (κ1) is 17.9. The second kappa shape index (κ2) is 7.58. The molecule has 2 aromatic heterocycles. The van der Waals surface area contributed by atoms with E-state index in [-0.39, 0.29) is 12.3 Å². The maximum atomic E-state index is 12.3. The molecule has 134 valence electrons. The number of carbonyl (C=O) groups is 1. The van der Waals surface area contributed by atoms with Crippen molar-refractivity contribution in [3.05, 3.63) is 68.8 Å². The molecule has 0 fully saturated rings. The maximum absolute atomic E-state index is 12.3. The summed E-state index contributed by atoms with van der Waals surface area (Å²) < 4.78 is 10.5. The van der Waals surface area contributed by atoms with Crippen molar-refractivity contribution in [2.24, 2.45) is 0 Å². The van der Waals surface area contributed by atoms with Crippen LogP contribution in [0.3, 0.4) is 0 Å². The number of nitrogens with zero attached hydrogens (tertiary/aromatic N) is 1. The summed E-state index contributed by atoms with van der Waals surface area (Å²) in [5, 5.41) is 3.83. The van der Waals surface area contributed by atoms with Gasteiger partial charge in [-0.15, -0.1) is 0 Å². The first-order valence-electron chi connectivity index (χ1n) is 7.96. The molecule has 7 heteroatoms. The minimum atomic E-state index is -0.549. The maximum Gasteiger partial charge on any atom is 0.340 e. The van der Waals surface area contributed by atoms with Crippen LogP contribution < -0.4 is 15.7 Å². The van der Waals surface area contributed by atoms with E-state index in [4.69, 9.17) is 20.8 Å². The summed E-state index contributed by atoms with van der Waals surface area (Å²) in [6.07, 6.45) is 1.57. The zero-order valence-corrected chi connectivity index (χ0v) is 15.1. The van der Waals surface area contributed by atoms with E-state index in [1.165, 1.54) is 7.11 Å². The predicted molar refractivity (Wildman–Crippen MR) is 98.6 cm³/mol. The van der Waals surface area contributed by atoms with Crippen molar-refractivity contribution in [2.75, 3.05) is 7.11 Å². The fraction of sp³-hybridized carbons (Fsp3) is 0.211. The van der Waals surface area contributed by atoms with Crippen LogP contribution >= 0.6 is 11.6 Å². The van der Waals surface area contributed by atoms with Gasteiger partial charge in [0.05, 0.1) is 36.4 Å². The molecule has 0 aliphatic carbocycles. The summed E-state index contributed by atoms with van der Waals surface area (Å²) in [5.74, 6) is 0.132. The number of aromatic nitrogens is 1. The third kappa shape index (κ3) is 3.70. The quantitative estimate of drug-likeness (QED) is 0.696. The minimum Gasteiger partial charge on any atom is -0.495 e. The molecule has 3 aromatic rings. The SMILES string of the molecule is COc1cc2oc(=O)c(CC(=O)NCc3ccccn3)c(C)c2cc1Cl. The molecule has 26 heavy (non-hydrogen) atoms. The number of amides is 1. The van der Waals surface area contributed by atoms with Gasteiger partial charge in [0.15, 0.2) is 0 Å². The highest BCUT2D eigenvalue weighted by atomic mass is 35.5. The smallest absolute Gasteiger partial charge is 0.340 e. The molecular formula is C19H17ClN2O4. The van der Waals surface area contributed by atoms with Gasteiger partial charge in [0.2, 0.25) is 5.91 Å².